The van der Waals surface area contributed by atoms with Gasteiger partial charge in [-0.3, -0.25) is 14.5 Å². The van der Waals surface area contributed by atoms with Crippen molar-refractivity contribution in [2.45, 2.75) is 38.6 Å². The van der Waals surface area contributed by atoms with Crippen molar-refractivity contribution in [1.82, 2.24) is 10.2 Å². The van der Waals surface area contributed by atoms with Gasteiger partial charge in [0.25, 0.3) is 5.91 Å². The molecule has 2 heterocycles. The summed E-state index contributed by atoms with van der Waals surface area (Å²) in [6.45, 7) is 4.60. The second-order valence-corrected chi connectivity index (χ2v) is 8.23. The van der Waals surface area contributed by atoms with E-state index < -0.39 is 0 Å². The van der Waals surface area contributed by atoms with Gasteiger partial charge in [0.05, 0.1) is 12.3 Å². The Balaban J connectivity index is 1.38. The lowest BCUT2D eigenvalue weighted by molar-refractivity contribution is -0.117. The zero-order valence-corrected chi connectivity index (χ0v) is 16.9. The highest BCUT2D eigenvalue weighted by atomic mass is 16.3. The Bertz CT molecular complexity index is 843. The third-order valence-electron chi connectivity index (χ3n) is 6.00. The van der Waals surface area contributed by atoms with Crippen LogP contribution in [0.5, 0.6) is 0 Å². The summed E-state index contributed by atoms with van der Waals surface area (Å²) in [6.07, 6.45) is 6.22. The molecule has 154 valence electrons. The Morgan fingerprint density at radius 2 is 1.97 bits per heavy atom. The van der Waals surface area contributed by atoms with Crippen LogP contribution in [0.4, 0.5) is 5.69 Å². The first-order chi connectivity index (χ1) is 14.1. The molecule has 1 aromatic carbocycles. The van der Waals surface area contributed by atoms with Gasteiger partial charge in [0.15, 0.2) is 0 Å². The van der Waals surface area contributed by atoms with Gasteiger partial charge in [-0.15, -0.1) is 0 Å². The van der Waals surface area contributed by atoms with Gasteiger partial charge in [-0.25, -0.2) is 0 Å². The monoisotopic (exact) mass is 395 g/mol. The number of likely N-dealkylation sites (tertiary alicyclic amines) is 1. The maximum atomic E-state index is 12.8. The number of carbonyl (C=O) groups is 2. The van der Waals surface area contributed by atoms with Gasteiger partial charge < -0.3 is 15.1 Å². The van der Waals surface area contributed by atoms with Crippen molar-refractivity contribution in [1.29, 1.82) is 0 Å². The van der Waals surface area contributed by atoms with Crippen molar-refractivity contribution < 1.29 is 14.0 Å². The van der Waals surface area contributed by atoms with E-state index in [0.717, 1.165) is 25.3 Å². The van der Waals surface area contributed by atoms with Crippen molar-refractivity contribution >= 4 is 17.5 Å². The number of hydrogen-bond donors (Lipinski definition) is 2. The fourth-order valence-electron chi connectivity index (χ4n) is 4.07. The molecule has 6 heteroatoms. The molecule has 4 rings (SSSR count). The number of anilines is 1. The van der Waals surface area contributed by atoms with Gasteiger partial charge in [0.2, 0.25) is 5.91 Å². The normalized spacial score (nSPS) is 22.7. The molecule has 2 fully saturated rings. The highest BCUT2D eigenvalue weighted by Gasteiger charge is 2.39. The molecule has 2 aliphatic rings. The second kappa shape index (κ2) is 8.82. The summed E-state index contributed by atoms with van der Waals surface area (Å²) in [7, 11) is 0. The van der Waals surface area contributed by atoms with Crippen molar-refractivity contribution in [3.8, 4) is 0 Å². The summed E-state index contributed by atoms with van der Waals surface area (Å²) >= 11 is 0. The molecule has 2 amide bonds. The third kappa shape index (κ3) is 4.88. The summed E-state index contributed by atoms with van der Waals surface area (Å²) < 4.78 is 5.65. The first-order valence-electron chi connectivity index (χ1n) is 10.6. The summed E-state index contributed by atoms with van der Waals surface area (Å²) in [6, 6.07) is 11.0. The van der Waals surface area contributed by atoms with E-state index in [1.165, 1.54) is 19.3 Å². The molecule has 0 radical (unpaired) electrons. The van der Waals surface area contributed by atoms with Crippen LogP contribution in [-0.4, -0.2) is 36.3 Å². The summed E-state index contributed by atoms with van der Waals surface area (Å²) in [4.78, 5) is 27.3. The van der Waals surface area contributed by atoms with E-state index in [1.807, 2.05) is 18.2 Å². The molecule has 1 aliphatic heterocycles. The number of nitrogens with zero attached hydrogens (tertiary/aromatic N) is 1. The molecule has 6 nitrogen and oxygen atoms in total. The molecule has 2 N–H and O–H groups in total. The Labute approximate surface area is 171 Å². The Kier molecular flexibility index (Phi) is 6.00. The SMILES string of the molecule is CC1CC1C(=O)Nc1cccc(C(=O)NCC(c2ccco2)N2CCCCC2)c1. The zero-order valence-electron chi connectivity index (χ0n) is 16.9. The minimum absolute atomic E-state index is 0.0356. The van der Waals surface area contributed by atoms with Gasteiger partial charge >= 0.3 is 0 Å². The molecular formula is C23H29N3O3. The molecule has 1 aliphatic carbocycles. The van der Waals surface area contributed by atoms with Crippen molar-refractivity contribution in [2.75, 3.05) is 25.0 Å². The predicted molar refractivity (Wildman–Crippen MR) is 112 cm³/mol. The number of benzene rings is 1. The van der Waals surface area contributed by atoms with Crippen LogP contribution in [0.15, 0.2) is 47.1 Å². The summed E-state index contributed by atoms with van der Waals surface area (Å²) in [5.74, 6) is 1.33. The molecule has 0 spiro atoms. The van der Waals surface area contributed by atoms with Crippen LogP contribution in [0.1, 0.15) is 54.8 Å². The van der Waals surface area contributed by atoms with Crippen LogP contribution in [0, 0.1) is 11.8 Å². The van der Waals surface area contributed by atoms with Gasteiger partial charge in [0, 0.05) is 23.7 Å². The Hall–Kier alpha value is -2.60. The maximum Gasteiger partial charge on any atom is 0.251 e. The van der Waals surface area contributed by atoms with Gasteiger partial charge in [0.1, 0.15) is 5.76 Å². The number of carbonyl (C=O) groups excluding carboxylic acids is 2. The molecule has 1 saturated heterocycles. The van der Waals surface area contributed by atoms with Crippen molar-refractivity contribution in [2.24, 2.45) is 11.8 Å². The van der Waals surface area contributed by atoms with Crippen LogP contribution in [-0.2, 0) is 4.79 Å². The number of furan rings is 1. The van der Waals surface area contributed by atoms with E-state index in [-0.39, 0.29) is 23.8 Å². The lowest BCUT2D eigenvalue weighted by Crippen LogP contribution is -2.40. The largest absolute Gasteiger partial charge is 0.468 e. The zero-order chi connectivity index (χ0) is 20.2. The summed E-state index contributed by atoms with van der Waals surface area (Å²) in [5, 5.41) is 5.98. The molecule has 29 heavy (non-hydrogen) atoms. The molecule has 2 aromatic rings. The molecule has 3 atom stereocenters. The summed E-state index contributed by atoms with van der Waals surface area (Å²) in [5.41, 5.74) is 1.21. The number of amides is 2. The van der Waals surface area contributed by atoms with E-state index >= 15 is 0 Å². The average Bonchev–Trinajstić information content (AvgIpc) is 3.24. The highest BCUT2D eigenvalue weighted by molar-refractivity contribution is 5.98. The number of piperidine rings is 1. The van der Waals surface area contributed by atoms with E-state index in [0.29, 0.717) is 23.7 Å². The van der Waals surface area contributed by atoms with Crippen LogP contribution >= 0.6 is 0 Å². The second-order valence-electron chi connectivity index (χ2n) is 8.23. The fraction of sp³-hybridized carbons (Fsp3) is 0.478. The standard InChI is InChI=1S/C23H29N3O3/c1-16-13-19(16)23(28)25-18-8-5-7-17(14-18)22(27)24-15-20(21-9-6-12-29-21)26-10-3-2-4-11-26/h5-9,12,14,16,19-20H,2-4,10-11,13,15H2,1H3,(H,24,27)(H,25,28). The van der Waals surface area contributed by atoms with E-state index in [2.05, 4.69) is 22.5 Å². The van der Waals surface area contributed by atoms with Crippen LogP contribution in [0.3, 0.4) is 0 Å². The van der Waals surface area contributed by atoms with Crippen LogP contribution in [0.2, 0.25) is 0 Å². The molecule has 0 bridgehead atoms. The number of nitrogens with one attached hydrogen (secondary N) is 2. The van der Waals surface area contributed by atoms with Gasteiger partial charge in [-0.1, -0.05) is 19.4 Å². The minimum Gasteiger partial charge on any atom is -0.468 e. The lowest BCUT2D eigenvalue weighted by atomic mass is 10.1. The van der Waals surface area contributed by atoms with Crippen molar-refractivity contribution in [3.05, 3.63) is 54.0 Å². The van der Waals surface area contributed by atoms with E-state index in [9.17, 15) is 9.59 Å². The minimum atomic E-state index is -0.144. The van der Waals surface area contributed by atoms with Crippen molar-refractivity contribution in [3.63, 3.8) is 0 Å². The van der Waals surface area contributed by atoms with Gasteiger partial charge in [-0.2, -0.15) is 0 Å². The number of rotatable bonds is 7. The smallest absolute Gasteiger partial charge is 0.251 e. The van der Waals surface area contributed by atoms with Crippen LogP contribution < -0.4 is 10.6 Å². The highest BCUT2D eigenvalue weighted by Crippen LogP contribution is 2.38. The van der Waals surface area contributed by atoms with Crippen LogP contribution in [0.25, 0.3) is 0 Å². The topological polar surface area (TPSA) is 74.6 Å². The first kappa shape index (κ1) is 19.7. The quantitative estimate of drug-likeness (QED) is 0.747. The number of hydrogen-bond acceptors (Lipinski definition) is 4. The fourth-order valence-corrected chi connectivity index (χ4v) is 4.07. The molecule has 3 unspecified atom stereocenters. The predicted octanol–water partition coefficient (Wildman–Crippen LogP) is 3.83. The molecular weight excluding hydrogens is 366 g/mol. The molecule has 1 saturated carbocycles. The third-order valence-corrected chi connectivity index (χ3v) is 6.00. The van der Waals surface area contributed by atoms with E-state index in [4.69, 9.17) is 4.42 Å². The molecule has 1 aromatic heterocycles. The first-order valence-corrected chi connectivity index (χ1v) is 10.6. The van der Waals surface area contributed by atoms with E-state index in [1.54, 1.807) is 24.5 Å². The Morgan fingerprint density at radius 1 is 1.17 bits per heavy atom. The Morgan fingerprint density at radius 3 is 2.66 bits per heavy atom. The lowest BCUT2D eigenvalue weighted by Gasteiger charge is -2.33. The maximum absolute atomic E-state index is 12.8. The van der Waals surface area contributed by atoms with Gasteiger partial charge in [-0.05, 0) is 68.6 Å². The average molecular weight is 396 g/mol.